The van der Waals surface area contributed by atoms with Crippen LogP contribution >= 0.6 is 0 Å². The lowest BCUT2D eigenvalue weighted by atomic mass is 9.86. The molecule has 0 aliphatic carbocycles. The van der Waals surface area contributed by atoms with Gasteiger partial charge in [-0.05, 0) is 23.6 Å². The molecule has 2 unspecified atom stereocenters. The Kier molecular flexibility index (Phi) is 5.08. The zero-order chi connectivity index (χ0) is 15.5. The molecule has 3 rings (SSSR count). The number of hydrogen-bond acceptors (Lipinski definition) is 5. The second-order valence-corrected chi connectivity index (χ2v) is 6.40. The lowest BCUT2D eigenvalue weighted by molar-refractivity contribution is 0.102. The first-order valence-electron chi connectivity index (χ1n) is 7.19. The first kappa shape index (κ1) is 16.1. The molecule has 118 valence electrons. The Morgan fingerprint density at radius 1 is 1.10 bits per heavy atom. The van der Waals surface area contributed by atoms with E-state index >= 15 is 0 Å². The second kappa shape index (κ2) is 6.64. The van der Waals surface area contributed by atoms with Crippen molar-refractivity contribution in [1.82, 2.24) is 0 Å². The van der Waals surface area contributed by atoms with Crippen LogP contribution in [0.25, 0.3) is 0 Å². The highest BCUT2D eigenvalue weighted by Crippen LogP contribution is 2.32. The molecule has 1 aromatic carbocycles. The summed E-state index contributed by atoms with van der Waals surface area (Å²) in [4.78, 5) is 0. The molecule has 2 atom stereocenters. The molecule has 2 fully saturated rings. The van der Waals surface area contributed by atoms with E-state index in [1.807, 2.05) is 20.8 Å². The van der Waals surface area contributed by atoms with Crippen molar-refractivity contribution in [3.8, 4) is 11.5 Å². The van der Waals surface area contributed by atoms with Gasteiger partial charge in [0.05, 0.1) is 26.4 Å². The smallest absolute Gasteiger partial charge is 0.119 e. The van der Waals surface area contributed by atoms with Crippen LogP contribution in [0.2, 0.25) is 0 Å². The van der Waals surface area contributed by atoms with E-state index < -0.39 is 0 Å². The molecule has 21 heavy (non-hydrogen) atoms. The number of hydrogen-bond donors (Lipinski definition) is 2. The van der Waals surface area contributed by atoms with E-state index in [0.717, 1.165) is 32.0 Å². The van der Waals surface area contributed by atoms with Crippen molar-refractivity contribution in [2.45, 2.75) is 38.4 Å². The first-order chi connectivity index (χ1) is 9.86. The monoisotopic (exact) mass is 296 g/mol. The number of benzene rings is 1. The van der Waals surface area contributed by atoms with Crippen molar-refractivity contribution in [2.24, 2.45) is 0 Å². The van der Waals surface area contributed by atoms with Gasteiger partial charge in [-0.2, -0.15) is 0 Å². The first-order valence-corrected chi connectivity index (χ1v) is 7.19. The van der Waals surface area contributed by atoms with Gasteiger partial charge in [-0.15, -0.1) is 0 Å². The Bertz CT molecular complexity index is 446. The summed E-state index contributed by atoms with van der Waals surface area (Å²) < 4.78 is 15.1. The lowest BCUT2D eigenvalue weighted by Crippen LogP contribution is -2.10. The van der Waals surface area contributed by atoms with Gasteiger partial charge in [0.15, 0.2) is 0 Å². The van der Waals surface area contributed by atoms with Crippen molar-refractivity contribution in [3.05, 3.63) is 23.8 Å². The summed E-state index contributed by atoms with van der Waals surface area (Å²) in [5.74, 6) is 0.429. The van der Waals surface area contributed by atoms with E-state index in [4.69, 9.17) is 14.2 Å². The van der Waals surface area contributed by atoms with E-state index in [2.05, 4.69) is 0 Å². The van der Waals surface area contributed by atoms with E-state index in [0.29, 0.717) is 12.2 Å². The molecule has 5 nitrogen and oxygen atoms in total. The van der Waals surface area contributed by atoms with Crippen LogP contribution < -0.4 is 0 Å². The molecular formula is C16H24O5. The number of phenols is 2. The highest BCUT2D eigenvalue weighted by atomic mass is 16.6. The molecule has 2 N–H and O–H groups in total. The summed E-state index contributed by atoms with van der Waals surface area (Å²) in [5, 5.41) is 18.6. The van der Waals surface area contributed by atoms with Gasteiger partial charge in [0, 0.05) is 5.56 Å². The van der Waals surface area contributed by atoms with E-state index in [1.54, 1.807) is 6.07 Å². The van der Waals surface area contributed by atoms with Gasteiger partial charge in [0.1, 0.15) is 23.7 Å². The molecule has 2 saturated heterocycles. The second-order valence-electron chi connectivity index (χ2n) is 6.40. The molecule has 2 aliphatic rings. The third-order valence-corrected chi connectivity index (χ3v) is 3.20. The number of rotatable bonds is 4. The summed E-state index contributed by atoms with van der Waals surface area (Å²) in [7, 11) is 0. The van der Waals surface area contributed by atoms with Gasteiger partial charge < -0.3 is 24.4 Å². The molecule has 1 aromatic rings. The summed E-state index contributed by atoms with van der Waals surface area (Å²) >= 11 is 0. The highest BCUT2D eigenvalue weighted by molar-refractivity contribution is 5.42. The van der Waals surface area contributed by atoms with Gasteiger partial charge in [-0.25, -0.2) is 0 Å². The van der Waals surface area contributed by atoms with Gasteiger partial charge in [-0.3, -0.25) is 0 Å². The van der Waals surface area contributed by atoms with Gasteiger partial charge in [0.2, 0.25) is 0 Å². The Hall–Kier alpha value is -1.30. The van der Waals surface area contributed by atoms with Crippen LogP contribution in [0, 0.1) is 0 Å². The van der Waals surface area contributed by atoms with Gasteiger partial charge >= 0.3 is 0 Å². The number of aromatic hydroxyl groups is 2. The van der Waals surface area contributed by atoms with E-state index in [-0.39, 0.29) is 16.9 Å². The summed E-state index contributed by atoms with van der Waals surface area (Å²) in [5.41, 5.74) is 0.630. The minimum atomic E-state index is -0.136. The fourth-order valence-electron chi connectivity index (χ4n) is 1.78. The highest BCUT2D eigenvalue weighted by Gasteiger charge is 2.26. The minimum absolute atomic E-state index is 0.136. The van der Waals surface area contributed by atoms with Gasteiger partial charge in [0.25, 0.3) is 0 Å². The van der Waals surface area contributed by atoms with Crippen molar-refractivity contribution in [3.63, 3.8) is 0 Å². The standard InChI is InChI=1S/C10H14O2.C6H10O3/c1-10(2,3)8-6-7(11)4-5-9(8)12;1(5-3-8-5)7-2-6-4-9-6/h4-6,11-12H,1-3H3;5-6H,1-4H2. The Labute approximate surface area is 125 Å². The van der Waals surface area contributed by atoms with Crippen LogP contribution in [-0.2, 0) is 19.6 Å². The fourth-order valence-corrected chi connectivity index (χ4v) is 1.78. The minimum Gasteiger partial charge on any atom is -0.508 e. The molecule has 2 heterocycles. The predicted octanol–water partition coefficient (Wildman–Crippen LogP) is 2.20. The van der Waals surface area contributed by atoms with Crippen LogP contribution in [0.15, 0.2) is 18.2 Å². The maximum absolute atomic E-state index is 9.46. The molecule has 2 aliphatic heterocycles. The molecule has 0 amide bonds. The number of epoxide rings is 2. The molecular weight excluding hydrogens is 272 g/mol. The molecule has 0 bridgehead atoms. The Balaban J connectivity index is 0.000000159. The fraction of sp³-hybridized carbons (Fsp3) is 0.625. The van der Waals surface area contributed by atoms with Crippen LogP contribution in [0.1, 0.15) is 26.3 Å². The zero-order valence-corrected chi connectivity index (χ0v) is 12.8. The van der Waals surface area contributed by atoms with Gasteiger partial charge in [-0.1, -0.05) is 20.8 Å². The summed E-state index contributed by atoms with van der Waals surface area (Å²) in [6, 6.07) is 4.58. The molecule has 0 radical (unpaired) electrons. The largest absolute Gasteiger partial charge is 0.508 e. The normalized spacial score (nSPS) is 23.2. The van der Waals surface area contributed by atoms with Crippen molar-refractivity contribution in [2.75, 3.05) is 26.4 Å². The topological polar surface area (TPSA) is 74.8 Å². The quantitative estimate of drug-likeness (QED) is 0.658. The van der Waals surface area contributed by atoms with Crippen molar-refractivity contribution in [1.29, 1.82) is 0 Å². The van der Waals surface area contributed by atoms with Crippen LogP contribution in [-0.4, -0.2) is 48.8 Å². The molecule has 0 spiro atoms. The average Bonchev–Trinajstić information content (AvgIpc) is 3.25. The lowest BCUT2D eigenvalue weighted by Gasteiger charge is -2.20. The summed E-state index contributed by atoms with van der Waals surface area (Å²) in [6.45, 7) is 9.22. The zero-order valence-electron chi connectivity index (χ0n) is 12.8. The predicted molar refractivity (Wildman–Crippen MR) is 78.8 cm³/mol. The number of phenolic OH excluding ortho intramolecular Hbond substituents is 2. The maximum Gasteiger partial charge on any atom is 0.119 e. The van der Waals surface area contributed by atoms with Crippen LogP contribution in [0.5, 0.6) is 11.5 Å². The van der Waals surface area contributed by atoms with Crippen molar-refractivity contribution >= 4 is 0 Å². The van der Waals surface area contributed by atoms with E-state index in [1.165, 1.54) is 12.1 Å². The van der Waals surface area contributed by atoms with Crippen molar-refractivity contribution < 1.29 is 24.4 Å². The van der Waals surface area contributed by atoms with Crippen LogP contribution in [0.4, 0.5) is 0 Å². The third kappa shape index (κ3) is 5.91. The maximum atomic E-state index is 9.46. The molecule has 5 heteroatoms. The molecule has 0 aromatic heterocycles. The Morgan fingerprint density at radius 3 is 2.00 bits per heavy atom. The van der Waals surface area contributed by atoms with E-state index in [9.17, 15) is 10.2 Å². The third-order valence-electron chi connectivity index (χ3n) is 3.20. The number of ether oxygens (including phenoxy) is 3. The Morgan fingerprint density at radius 2 is 1.62 bits per heavy atom. The van der Waals surface area contributed by atoms with Crippen LogP contribution in [0.3, 0.4) is 0 Å². The summed E-state index contributed by atoms with van der Waals surface area (Å²) in [6.07, 6.45) is 0.785. The SMILES string of the molecule is C(OCC1CO1)C1CO1.CC(C)(C)c1cc(O)ccc1O. The average molecular weight is 296 g/mol. The molecule has 0 saturated carbocycles.